The van der Waals surface area contributed by atoms with Gasteiger partial charge < -0.3 is 4.74 Å². The summed E-state index contributed by atoms with van der Waals surface area (Å²) in [7, 11) is 0. The molecule has 272 valence electrons. The smallest absolute Gasteiger partial charge is 0.429 e. The summed E-state index contributed by atoms with van der Waals surface area (Å²) in [6.45, 7) is 2.23. The number of hydrogen-bond donors (Lipinski definition) is 0. The van der Waals surface area contributed by atoms with Gasteiger partial charge >= 0.3 is 6.11 Å². The van der Waals surface area contributed by atoms with Crippen LogP contribution in [-0.2, 0) is 12.5 Å². The molecule has 0 N–H and O–H groups in total. The van der Waals surface area contributed by atoms with Crippen molar-refractivity contribution in [2.24, 2.45) is 17.8 Å². The van der Waals surface area contributed by atoms with Gasteiger partial charge in [0.1, 0.15) is 40.4 Å². The number of alkyl halides is 2. The van der Waals surface area contributed by atoms with Gasteiger partial charge in [-0.15, -0.1) is 0 Å². The molecule has 10 heteroatoms. The van der Waals surface area contributed by atoms with Crippen LogP contribution < -0.4 is 4.74 Å². The van der Waals surface area contributed by atoms with Gasteiger partial charge in [0.15, 0.2) is 0 Å². The summed E-state index contributed by atoms with van der Waals surface area (Å²) in [6, 6.07) is 6.30. The van der Waals surface area contributed by atoms with E-state index in [0.717, 1.165) is 43.1 Å². The minimum Gasteiger partial charge on any atom is -0.429 e. The number of ether oxygens (including phenoxy) is 1. The third-order valence-electron chi connectivity index (χ3n) is 10.7. The Balaban J connectivity index is 1.22. The van der Waals surface area contributed by atoms with E-state index in [1.54, 1.807) is 6.07 Å². The Morgan fingerprint density at radius 1 is 0.740 bits per heavy atom. The van der Waals surface area contributed by atoms with E-state index in [1.165, 1.54) is 63.5 Å². The molecular formula is C40H43F9O. The predicted molar refractivity (Wildman–Crippen MR) is 176 cm³/mol. The Kier molecular flexibility index (Phi) is 12.6. The highest BCUT2D eigenvalue weighted by atomic mass is 19.3. The summed E-state index contributed by atoms with van der Waals surface area (Å²) in [5, 5.41) is 0. The van der Waals surface area contributed by atoms with Crippen molar-refractivity contribution in [2.75, 3.05) is 0 Å². The first-order valence-electron chi connectivity index (χ1n) is 17.7. The van der Waals surface area contributed by atoms with E-state index >= 15 is 13.2 Å². The number of allylic oxidation sites excluding steroid dienone is 1. The van der Waals surface area contributed by atoms with Gasteiger partial charge in [0, 0.05) is 23.3 Å². The number of rotatable bonds is 13. The molecule has 3 aromatic rings. The molecular weight excluding hydrogens is 667 g/mol. The predicted octanol–water partition coefficient (Wildman–Crippen LogP) is 13.6. The van der Waals surface area contributed by atoms with Crippen LogP contribution in [0.2, 0.25) is 0 Å². The summed E-state index contributed by atoms with van der Waals surface area (Å²) >= 11 is 0. The number of hydrogen-bond acceptors (Lipinski definition) is 1. The fourth-order valence-electron chi connectivity index (χ4n) is 7.98. The molecule has 0 bridgehead atoms. The molecule has 2 fully saturated rings. The molecule has 0 spiro atoms. The first-order valence-corrected chi connectivity index (χ1v) is 17.7. The summed E-state index contributed by atoms with van der Waals surface area (Å²) in [5.41, 5.74) is -2.16. The van der Waals surface area contributed by atoms with Crippen LogP contribution in [0.3, 0.4) is 0 Å². The molecule has 50 heavy (non-hydrogen) atoms. The molecule has 2 aliphatic carbocycles. The number of benzene rings is 3. The molecule has 5 rings (SSSR count). The zero-order chi connectivity index (χ0) is 36.0. The van der Waals surface area contributed by atoms with Gasteiger partial charge in [-0.05, 0) is 110 Å². The van der Waals surface area contributed by atoms with Crippen molar-refractivity contribution in [1.82, 2.24) is 0 Å². The average Bonchev–Trinajstić information content (AvgIpc) is 3.05. The monoisotopic (exact) mass is 710 g/mol. The Bertz CT molecular complexity index is 1590. The van der Waals surface area contributed by atoms with Gasteiger partial charge in [-0.2, -0.15) is 17.6 Å². The maximum atomic E-state index is 15.4. The zero-order valence-electron chi connectivity index (χ0n) is 28.1. The molecule has 2 aliphatic rings. The highest BCUT2D eigenvalue weighted by Gasteiger charge is 2.42. The second-order valence-electron chi connectivity index (χ2n) is 14.0. The van der Waals surface area contributed by atoms with Gasteiger partial charge in [-0.1, -0.05) is 57.6 Å². The minimum absolute atomic E-state index is 0.158. The second-order valence-corrected chi connectivity index (χ2v) is 14.0. The number of halogens is 9. The zero-order valence-corrected chi connectivity index (χ0v) is 28.1. The summed E-state index contributed by atoms with van der Waals surface area (Å²) < 4.78 is 133. The number of unbranched alkanes of at least 4 members (excludes halogenated alkanes) is 2. The van der Waals surface area contributed by atoms with E-state index in [1.807, 2.05) is 0 Å². The minimum atomic E-state index is -4.72. The van der Waals surface area contributed by atoms with Crippen LogP contribution in [0, 0.1) is 46.8 Å². The van der Waals surface area contributed by atoms with Crippen molar-refractivity contribution < 1.29 is 44.3 Å². The van der Waals surface area contributed by atoms with Crippen molar-refractivity contribution in [3.63, 3.8) is 0 Å². The van der Waals surface area contributed by atoms with Crippen LogP contribution >= 0.6 is 0 Å². The van der Waals surface area contributed by atoms with E-state index in [4.69, 9.17) is 0 Å². The van der Waals surface area contributed by atoms with Gasteiger partial charge in [-0.3, -0.25) is 0 Å². The van der Waals surface area contributed by atoms with Crippen LogP contribution in [0.15, 0.2) is 54.6 Å². The summed E-state index contributed by atoms with van der Waals surface area (Å²) in [5.74, 6) is -5.59. The lowest BCUT2D eigenvalue weighted by Gasteiger charge is -2.38. The highest BCUT2D eigenvalue weighted by molar-refractivity contribution is 5.65. The van der Waals surface area contributed by atoms with Crippen LogP contribution in [0.5, 0.6) is 5.75 Å². The standard InChI is InChI=1S/C40H43F9O/c1-2-3-4-6-24-9-11-25(12-10-24)26-13-15-27(16-14-26)28-17-18-31(33(41)19-28)29-20-36(44)39(37(45)21-29)40(48,49)50-30-22-34(42)32(35(43)23-30)7-5-8-38(46)47/h8,17-27H,2-7,9-16H2,1H3. The van der Waals surface area contributed by atoms with Gasteiger partial charge in [0.05, 0.1) is 0 Å². The largest absolute Gasteiger partial charge is 0.432 e. The van der Waals surface area contributed by atoms with E-state index < -0.39 is 71.0 Å². The first-order chi connectivity index (χ1) is 23.9. The Morgan fingerprint density at radius 3 is 1.90 bits per heavy atom. The maximum Gasteiger partial charge on any atom is 0.432 e. The normalized spacial score (nSPS) is 21.2. The van der Waals surface area contributed by atoms with Crippen molar-refractivity contribution in [3.8, 4) is 16.9 Å². The third kappa shape index (κ3) is 9.26. The van der Waals surface area contributed by atoms with Gasteiger partial charge in [-0.25, -0.2) is 22.0 Å². The van der Waals surface area contributed by atoms with Crippen LogP contribution in [0.1, 0.15) is 113 Å². The Labute approximate surface area is 287 Å². The summed E-state index contributed by atoms with van der Waals surface area (Å²) in [4.78, 5) is 0. The topological polar surface area (TPSA) is 9.23 Å². The molecule has 0 atom stereocenters. The molecule has 0 unspecified atom stereocenters. The van der Waals surface area contributed by atoms with E-state index in [2.05, 4.69) is 11.7 Å². The SMILES string of the molecule is CCCCCC1CCC(C2CCC(c3ccc(-c4cc(F)c(C(F)(F)Oc5cc(F)c(CCC=C(F)F)c(F)c5)c(F)c4)c(F)c3)CC2)CC1. The lowest BCUT2D eigenvalue weighted by atomic mass is 9.68. The van der Waals surface area contributed by atoms with E-state index in [-0.39, 0.29) is 17.0 Å². The Hall–Kier alpha value is -3.43. The molecule has 0 heterocycles. The Morgan fingerprint density at radius 2 is 1.34 bits per heavy atom. The molecule has 1 nitrogen and oxygen atoms in total. The van der Waals surface area contributed by atoms with Gasteiger partial charge in [0.25, 0.3) is 6.08 Å². The molecule has 0 aliphatic heterocycles. The van der Waals surface area contributed by atoms with Crippen LogP contribution in [0.4, 0.5) is 39.5 Å². The third-order valence-corrected chi connectivity index (χ3v) is 10.7. The van der Waals surface area contributed by atoms with Crippen molar-refractivity contribution >= 4 is 0 Å². The van der Waals surface area contributed by atoms with Crippen LogP contribution in [0.25, 0.3) is 11.1 Å². The van der Waals surface area contributed by atoms with Crippen molar-refractivity contribution in [2.45, 2.75) is 109 Å². The highest BCUT2D eigenvalue weighted by Crippen LogP contribution is 2.45. The molecule has 0 saturated heterocycles. The quantitative estimate of drug-likeness (QED) is 0.127. The maximum absolute atomic E-state index is 15.4. The molecule has 0 radical (unpaired) electrons. The van der Waals surface area contributed by atoms with E-state index in [9.17, 15) is 26.3 Å². The van der Waals surface area contributed by atoms with Crippen molar-refractivity contribution in [3.05, 3.63) is 100 Å². The molecule has 2 saturated carbocycles. The lowest BCUT2D eigenvalue weighted by molar-refractivity contribution is -0.189. The lowest BCUT2D eigenvalue weighted by Crippen LogP contribution is -2.25. The fraction of sp³-hybridized carbons (Fsp3) is 0.500. The average molecular weight is 711 g/mol. The second kappa shape index (κ2) is 16.7. The molecule has 3 aromatic carbocycles. The van der Waals surface area contributed by atoms with Crippen LogP contribution in [-0.4, -0.2) is 0 Å². The first kappa shape index (κ1) is 37.8. The molecule has 0 amide bonds. The van der Waals surface area contributed by atoms with E-state index in [0.29, 0.717) is 36.3 Å². The fourth-order valence-corrected chi connectivity index (χ4v) is 7.98. The molecule has 0 aromatic heterocycles. The summed E-state index contributed by atoms with van der Waals surface area (Å²) in [6.07, 6.45) is 7.21. The van der Waals surface area contributed by atoms with Gasteiger partial charge in [0.2, 0.25) is 0 Å². The van der Waals surface area contributed by atoms with Crippen molar-refractivity contribution in [1.29, 1.82) is 0 Å².